The summed E-state index contributed by atoms with van der Waals surface area (Å²) in [6, 6.07) is 28.7. The molecule has 0 aliphatic carbocycles. The Morgan fingerprint density at radius 3 is 1.65 bits per heavy atom. The maximum absolute atomic E-state index is 4.84. The first-order chi connectivity index (χ1) is 12.7. The van der Waals surface area contributed by atoms with Gasteiger partial charge in [0.05, 0.1) is 11.4 Å². The predicted octanol–water partition coefficient (Wildman–Crippen LogP) is 6.55. The molecule has 0 bridgehead atoms. The Balaban J connectivity index is 1.92. The number of hydrogen-bond acceptors (Lipinski definition) is 2. The summed E-state index contributed by atoms with van der Waals surface area (Å²) >= 11 is 3.61. The van der Waals surface area contributed by atoms with Gasteiger partial charge < -0.3 is 0 Å². The largest absolute Gasteiger partial charge is 0.228 e. The van der Waals surface area contributed by atoms with E-state index in [0.717, 1.165) is 38.4 Å². The summed E-state index contributed by atoms with van der Waals surface area (Å²) in [6.45, 7) is 2.07. The summed E-state index contributed by atoms with van der Waals surface area (Å²) in [5, 5.41) is 0. The Hall–Kier alpha value is -2.78. The molecule has 0 spiro atoms. The van der Waals surface area contributed by atoms with Gasteiger partial charge in [-0.2, -0.15) is 0 Å². The van der Waals surface area contributed by atoms with Crippen molar-refractivity contribution in [3.05, 3.63) is 95.0 Å². The summed E-state index contributed by atoms with van der Waals surface area (Å²) < 4.78 is 1.06. The lowest BCUT2D eigenvalue weighted by Crippen LogP contribution is -1.96. The van der Waals surface area contributed by atoms with Gasteiger partial charge in [0.1, 0.15) is 0 Å². The molecule has 0 radical (unpaired) electrons. The number of hydrogen-bond donors (Lipinski definition) is 0. The molecule has 0 amide bonds. The van der Waals surface area contributed by atoms with Crippen LogP contribution in [0.2, 0.25) is 0 Å². The molecule has 26 heavy (non-hydrogen) atoms. The lowest BCUT2D eigenvalue weighted by molar-refractivity contribution is 1.18. The third-order valence-corrected chi connectivity index (χ3v) is 5.15. The Morgan fingerprint density at radius 2 is 1.15 bits per heavy atom. The van der Waals surface area contributed by atoms with Crippen LogP contribution in [0.3, 0.4) is 0 Å². The molecular weight excluding hydrogens is 384 g/mol. The van der Waals surface area contributed by atoms with Crippen LogP contribution in [-0.4, -0.2) is 9.97 Å². The molecule has 4 aromatic rings. The topological polar surface area (TPSA) is 25.8 Å². The zero-order chi connectivity index (χ0) is 17.9. The number of nitrogens with zero attached hydrogens (tertiary/aromatic N) is 2. The summed E-state index contributed by atoms with van der Waals surface area (Å²) in [5.41, 5.74) is 6.20. The van der Waals surface area contributed by atoms with E-state index in [2.05, 4.69) is 71.4 Å². The number of halogens is 1. The maximum atomic E-state index is 4.84. The molecule has 4 rings (SSSR count). The zero-order valence-corrected chi connectivity index (χ0v) is 15.9. The van der Waals surface area contributed by atoms with Crippen LogP contribution in [0.1, 0.15) is 5.56 Å². The van der Waals surface area contributed by atoms with Crippen LogP contribution in [-0.2, 0) is 0 Å². The van der Waals surface area contributed by atoms with Gasteiger partial charge in [0.2, 0.25) is 0 Å². The molecule has 0 aliphatic rings. The SMILES string of the molecule is Cc1ccc(-c2nc(-c3ccccc3)cc(-c3ccccc3)n2)cc1Br. The van der Waals surface area contributed by atoms with Gasteiger partial charge in [-0.15, -0.1) is 0 Å². The summed E-state index contributed by atoms with van der Waals surface area (Å²) in [5.74, 6) is 0.728. The normalized spacial score (nSPS) is 10.7. The van der Waals surface area contributed by atoms with Crippen molar-refractivity contribution in [1.29, 1.82) is 0 Å². The molecule has 0 saturated heterocycles. The molecule has 1 aromatic heterocycles. The molecule has 0 atom stereocenters. The van der Waals surface area contributed by atoms with Gasteiger partial charge in [0, 0.05) is 21.2 Å². The van der Waals surface area contributed by atoms with Crippen molar-refractivity contribution in [1.82, 2.24) is 9.97 Å². The third-order valence-electron chi connectivity index (χ3n) is 4.30. The van der Waals surface area contributed by atoms with E-state index in [-0.39, 0.29) is 0 Å². The monoisotopic (exact) mass is 400 g/mol. The fourth-order valence-electron chi connectivity index (χ4n) is 2.82. The Morgan fingerprint density at radius 1 is 0.615 bits per heavy atom. The lowest BCUT2D eigenvalue weighted by Gasteiger charge is -2.10. The quantitative estimate of drug-likeness (QED) is 0.389. The molecule has 3 heteroatoms. The number of rotatable bonds is 3. The molecular formula is C23H17BrN2. The standard InChI is InChI=1S/C23H17BrN2/c1-16-12-13-19(14-20(16)24)23-25-21(17-8-4-2-5-9-17)15-22(26-23)18-10-6-3-7-11-18/h2-15H,1H3. The van der Waals surface area contributed by atoms with Crippen molar-refractivity contribution in [2.24, 2.45) is 0 Å². The van der Waals surface area contributed by atoms with Crippen LogP contribution in [0, 0.1) is 6.92 Å². The number of aryl methyl sites for hydroxylation is 1. The van der Waals surface area contributed by atoms with Crippen LogP contribution in [0.15, 0.2) is 89.4 Å². The third kappa shape index (κ3) is 3.44. The highest BCUT2D eigenvalue weighted by Gasteiger charge is 2.11. The van der Waals surface area contributed by atoms with Crippen LogP contribution in [0.25, 0.3) is 33.9 Å². The van der Waals surface area contributed by atoms with Gasteiger partial charge in [0.15, 0.2) is 5.82 Å². The first-order valence-corrected chi connectivity index (χ1v) is 9.26. The highest BCUT2D eigenvalue weighted by molar-refractivity contribution is 9.10. The molecule has 0 aliphatic heterocycles. The lowest BCUT2D eigenvalue weighted by atomic mass is 10.1. The minimum atomic E-state index is 0.728. The van der Waals surface area contributed by atoms with E-state index in [1.54, 1.807) is 0 Å². The van der Waals surface area contributed by atoms with Crippen molar-refractivity contribution in [3.8, 4) is 33.9 Å². The Kier molecular flexibility index (Phi) is 4.63. The van der Waals surface area contributed by atoms with E-state index in [9.17, 15) is 0 Å². The van der Waals surface area contributed by atoms with E-state index in [4.69, 9.17) is 9.97 Å². The van der Waals surface area contributed by atoms with Crippen molar-refractivity contribution in [3.63, 3.8) is 0 Å². The van der Waals surface area contributed by atoms with Crippen molar-refractivity contribution < 1.29 is 0 Å². The van der Waals surface area contributed by atoms with Crippen LogP contribution >= 0.6 is 15.9 Å². The van der Waals surface area contributed by atoms with Gasteiger partial charge >= 0.3 is 0 Å². The van der Waals surface area contributed by atoms with E-state index in [1.807, 2.05) is 36.4 Å². The van der Waals surface area contributed by atoms with E-state index >= 15 is 0 Å². The number of benzene rings is 3. The first-order valence-electron chi connectivity index (χ1n) is 8.47. The van der Waals surface area contributed by atoms with Crippen molar-refractivity contribution in [2.75, 3.05) is 0 Å². The average Bonchev–Trinajstić information content (AvgIpc) is 2.71. The highest BCUT2D eigenvalue weighted by Crippen LogP contribution is 2.29. The Labute approximate surface area is 161 Å². The van der Waals surface area contributed by atoms with Crippen molar-refractivity contribution >= 4 is 15.9 Å². The predicted molar refractivity (Wildman–Crippen MR) is 111 cm³/mol. The summed E-state index contributed by atoms with van der Waals surface area (Å²) in [6.07, 6.45) is 0. The average molecular weight is 401 g/mol. The minimum absolute atomic E-state index is 0.728. The van der Waals surface area contributed by atoms with E-state index < -0.39 is 0 Å². The molecule has 126 valence electrons. The van der Waals surface area contributed by atoms with Gasteiger partial charge in [-0.25, -0.2) is 9.97 Å². The van der Waals surface area contributed by atoms with Gasteiger partial charge in [-0.1, -0.05) is 88.7 Å². The van der Waals surface area contributed by atoms with Crippen LogP contribution in [0.5, 0.6) is 0 Å². The van der Waals surface area contributed by atoms with Crippen LogP contribution in [0.4, 0.5) is 0 Å². The molecule has 0 unspecified atom stereocenters. The highest BCUT2D eigenvalue weighted by atomic mass is 79.9. The second kappa shape index (κ2) is 7.22. The molecule has 3 aromatic carbocycles. The van der Waals surface area contributed by atoms with Gasteiger partial charge in [0.25, 0.3) is 0 Å². The molecule has 1 heterocycles. The summed E-state index contributed by atoms with van der Waals surface area (Å²) in [7, 11) is 0. The van der Waals surface area contributed by atoms with Gasteiger partial charge in [-0.3, -0.25) is 0 Å². The fraction of sp³-hybridized carbons (Fsp3) is 0.0435. The second-order valence-electron chi connectivity index (χ2n) is 6.16. The Bertz CT molecular complexity index is 987. The second-order valence-corrected chi connectivity index (χ2v) is 7.01. The van der Waals surface area contributed by atoms with Gasteiger partial charge in [-0.05, 0) is 24.6 Å². The number of aromatic nitrogens is 2. The van der Waals surface area contributed by atoms with E-state index in [0.29, 0.717) is 0 Å². The maximum Gasteiger partial charge on any atom is 0.160 e. The van der Waals surface area contributed by atoms with Crippen molar-refractivity contribution in [2.45, 2.75) is 6.92 Å². The smallest absolute Gasteiger partial charge is 0.160 e. The minimum Gasteiger partial charge on any atom is -0.228 e. The van der Waals surface area contributed by atoms with E-state index in [1.165, 1.54) is 5.56 Å². The molecule has 0 fully saturated rings. The molecule has 2 nitrogen and oxygen atoms in total. The zero-order valence-electron chi connectivity index (χ0n) is 14.4. The first kappa shape index (κ1) is 16.7. The fourth-order valence-corrected chi connectivity index (χ4v) is 3.20. The molecule has 0 N–H and O–H groups in total. The molecule has 0 saturated carbocycles. The van der Waals surface area contributed by atoms with Crippen LogP contribution < -0.4 is 0 Å². The summed E-state index contributed by atoms with van der Waals surface area (Å²) in [4.78, 5) is 9.68.